The molecule has 0 bridgehead atoms. The highest BCUT2D eigenvalue weighted by molar-refractivity contribution is 5.33. The molecule has 6 atom stereocenters. The fourth-order valence-electron chi connectivity index (χ4n) is 5.51. The van der Waals surface area contributed by atoms with E-state index in [1.807, 2.05) is 0 Å². The Morgan fingerprint density at radius 2 is 2.06 bits per heavy atom. The fourth-order valence-corrected chi connectivity index (χ4v) is 5.51. The third-order valence-corrected chi connectivity index (χ3v) is 6.52. The number of hydrogen-bond donors (Lipinski definition) is 1. The lowest BCUT2D eigenvalue weighted by Crippen LogP contribution is -2.41. The maximum atomic E-state index is 10.5. The summed E-state index contributed by atoms with van der Waals surface area (Å²) in [6.07, 6.45) is 6.01. The van der Waals surface area contributed by atoms with E-state index in [0.29, 0.717) is 11.3 Å². The second-order valence-corrected chi connectivity index (χ2v) is 6.81. The van der Waals surface area contributed by atoms with Crippen LogP contribution < -0.4 is 0 Å². The Hall–Kier alpha value is -0.300. The number of allylic oxidation sites excluding steroid dienone is 1. The van der Waals surface area contributed by atoms with Crippen LogP contribution >= 0.6 is 0 Å². The van der Waals surface area contributed by atoms with Gasteiger partial charge in [0, 0.05) is 5.41 Å². The number of aliphatic hydroxyl groups is 1. The molecule has 90 valence electrons. The zero-order valence-corrected chi connectivity index (χ0v) is 11.0. The number of rotatable bonds is 0. The highest BCUT2D eigenvalue weighted by atomic mass is 16.3. The van der Waals surface area contributed by atoms with Crippen molar-refractivity contribution in [1.29, 1.82) is 0 Å². The van der Waals surface area contributed by atoms with Gasteiger partial charge in [-0.1, -0.05) is 32.4 Å². The predicted molar refractivity (Wildman–Crippen MR) is 66.0 cm³/mol. The molecule has 0 unspecified atom stereocenters. The first-order valence-corrected chi connectivity index (χ1v) is 6.81. The minimum atomic E-state index is -0.111. The van der Waals surface area contributed by atoms with Gasteiger partial charge in [-0.05, 0) is 49.4 Å². The summed E-state index contributed by atoms with van der Waals surface area (Å²) >= 11 is 0. The van der Waals surface area contributed by atoms with Crippen LogP contribution in [0.25, 0.3) is 0 Å². The molecule has 16 heavy (non-hydrogen) atoms. The zero-order chi connectivity index (χ0) is 11.7. The molecule has 0 aromatic heterocycles. The molecule has 2 saturated carbocycles. The van der Waals surface area contributed by atoms with Gasteiger partial charge in [-0.15, -0.1) is 0 Å². The molecule has 2 fully saturated rings. The Morgan fingerprint density at radius 1 is 1.38 bits per heavy atom. The van der Waals surface area contributed by atoms with E-state index in [0.717, 1.165) is 18.3 Å². The lowest BCUT2D eigenvalue weighted by molar-refractivity contribution is 0.0115. The van der Waals surface area contributed by atoms with Crippen molar-refractivity contribution in [2.45, 2.75) is 53.1 Å². The molecule has 1 spiro atoms. The summed E-state index contributed by atoms with van der Waals surface area (Å²) in [5.74, 6) is 2.22. The lowest BCUT2D eigenvalue weighted by Gasteiger charge is -2.43. The van der Waals surface area contributed by atoms with Crippen molar-refractivity contribution >= 4 is 0 Å². The summed E-state index contributed by atoms with van der Waals surface area (Å²) in [6.45, 7) is 9.34. The van der Waals surface area contributed by atoms with E-state index in [1.54, 1.807) is 0 Å². The van der Waals surface area contributed by atoms with E-state index in [-0.39, 0.29) is 11.5 Å². The summed E-state index contributed by atoms with van der Waals surface area (Å²) in [6, 6.07) is 0. The van der Waals surface area contributed by atoms with Gasteiger partial charge in [-0.2, -0.15) is 0 Å². The van der Waals surface area contributed by atoms with Crippen LogP contribution in [-0.4, -0.2) is 11.2 Å². The van der Waals surface area contributed by atoms with Gasteiger partial charge in [-0.25, -0.2) is 0 Å². The second kappa shape index (κ2) is 2.93. The topological polar surface area (TPSA) is 20.2 Å². The van der Waals surface area contributed by atoms with Crippen molar-refractivity contribution in [2.75, 3.05) is 0 Å². The van der Waals surface area contributed by atoms with Crippen molar-refractivity contribution in [2.24, 2.45) is 28.6 Å². The summed E-state index contributed by atoms with van der Waals surface area (Å²) in [7, 11) is 0. The second-order valence-electron chi connectivity index (χ2n) is 6.81. The molecule has 1 N–H and O–H groups in total. The Labute approximate surface area is 98.9 Å². The van der Waals surface area contributed by atoms with Crippen molar-refractivity contribution < 1.29 is 5.11 Å². The molecule has 3 aliphatic carbocycles. The molecule has 0 amide bonds. The van der Waals surface area contributed by atoms with Gasteiger partial charge in [0.05, 0.1) is 6.10 Å². The smallest absolute Gasteiger partial charge is 0.0636 e. The van der Waals surface area contributed by atoms with Crippen molar-refractivity contribution in [3.63, 3.8) is 0 Å². The average Bonchev–Trinajstić information content (AvgIpc) is 2.72. The predicted octanol–water partition coefficient (Wildman–Crippen LogP) is 3.39. The van der Waals surface area contributed by atoms with Crippen LogP contribution in [-0.2, 0) is 0 Å². The molecule has 0 aromatic rings. The SMILES string of the molecule is CC1=C[C@]2(C)[C@@H](O)C[C@H]3[C@H](C)CC[C@]32[C@@H]1C. The minimum absolute atomic E-state index is 0.0614. The molecule has 1 nitrogen and oxygen atoms in total. The third kappa shape index (κ3) is 0.895. The highest BCUT2D eigenvalue weighted by Crippen LogP contribution is 2.73. The average molecular weight is 220 g/mol. The Balaban J connectivity index is 2.15. The van der Waals surface area contributed by atoms with Gasteiger partial charge in [-0.3, -0.25) is 0 Å². The van der Waals surface area contributed by atoms with Gasteiger partial charge >= 0.3 is 0 Å². The Bertz CT molecular complexity index is 358. The van der Waals surface area contributed by atoms with Crippen molar-refractivity contribution in [1.82, 2.24) is 0 Å². The van der Waals surface area contributed by atoms with E-state index < -0.39 is 0 Å². The summed E-state index contributed by atoms with van der Waals surface area (Å²) in [5, 5.41) is 10.5. The number of aliphatic hydroxyl groups excluding tert-OH is 1. The highest BCUT2D eigenvalue weighted by Gasteiger charge is 2.68. The standard InChI is InChI=1S/C15H24O/c1-9-5-6-15-11(3)10(2)8-14(15,4)13(16)7-12(9)15/h8-9,11-13,16H,5-7H2,1-4H3/t9-,11-,12+,13+,14-,15+/m1/s1. The fraction of sp³-hybridized carbons (Fsp3) is 0.867. The monoisotopic (exact) mass is 220 g/mol. The van der Waals surface area contributed by atoms with E-state index >= 15 is 0 Å². The van der Waals surface area contributed by atoms with E-state index in [2.05, 4.69) is 33.8 Å². The van der Waals surface area contributed by atoms with Crippen LogP contribution in [0.5, 0.6) is 0 Å². The van der Waals surface area contributed by atoms with Gasteiger partial charge < -0.3 is 5.11 Å². The zero-order valence-electron chi connectivity index (χ0n) is 11.0. The van der Waals surface area contributed by atoms with Crippen LogP contribution in [0.15, 0.2) is 11.6 Å². The molecule has 0 radical (unpaired) electrons. The lowest BCUT2D eigenvalue weighted by atomic mass is 9.61. The molecular formula is C15H24O. The van der Waals surface area contributed by atoms with Gasteiger partial charge in [0.15, 0.2) is 0 Å². The summed E-state index contributed by atoms with van der Waals surface area (Å²) in [4.78, 5) is 0. The van der Waals surface area contributed by atoms with Gasteiger partial charge in [0.25, 0.3) is 0 Å². The molecule has 0 aliphatic heterocycles. The van der Waals surface area contributed by atoms with Crippen LogP contribution in [0.2, 0.25) is 0 Å². The van der Waals surface area contributed by atoms with E-state index in [9.17, 15) is 5.11 Å². The molecular weight excluding hydrogens is 196 g/mol. The Morgan fingerprint density at radius 3 is 2.75 bits per heavy atom. The normalized spacial score (nSPS) is 59.7. The maximum Gasteiger partial charge on any atom is 0.0636 e. The van der Waals surface area contributed by atoms with Gasteiger partial charge in [0.2, 0.25) is 0 Å². The van der Waals surface area contributed by atoms with Crippen LogP contribution in [0.1, 0.15) is 47.0 Å². The minimum Gasteiger partial charge on any atom is -0.392 e. The molecule has 0 saturated heterocycles. The first-order chi connectivity index (χ1) is 7.43. The molecule has 3 rings (SSSR count). The maximum absolute atomic E-state index is 10.5. The number of hydrogen-bond acceptors (Lipinski definition) is 1. The summed E-state index contributed by atoms with van der Waals surface area (Å²) < 4.78 is 0. The summed E-state index contributed by atoms with van der Waals surface area (Å²) in [5.41, 5.74) is 1.96. The molecule has 0 aromatic carbocycles. The largest absolute Gasteiger partial charge is 0.392 e. The molecule has 1 heteroatoms. The Kier molecular flexibility index (Phi) is 1.98. The quantitative estimate of drug-likeness (QED) is 0.620. The van der Waals surface area contributed by atoms with Crippen LogP contribution in [0.3, 0.4) is 0 Å². The first-order valence-electron chi connectivity index (χ1n) is 6.81. The van der Waals surface area contributed by atoms with Crippen molar-refractivity contribution in [3.8, 4) is 0 Å². The third-order valence-electron chi connectivity index (χ3n) is 6.52. The van der Waals surface area contributed by atoms with E-state index in [1.165, 1.54) is 18.4 Å². The first kappa shape index (κ1) is 10.8. The van der Waals surface area contributed by atoms with E-state index in [4.69, 9.17) is 0 Å². The molecule has 3 aliphatic rings. The van der Waals surface area contributed by atoms with Crippen molar-refractivity contribution in [3.05, 3.63) is 11.6 Å². The molecule has 0 heterocycles. The van der Waals surface area contributed by atoms with Gasteiger partial charge in [0.1, 0.15) is 0 Å². The van der Waals surface area contributed by atoms with Crippen LogP contribution in [0, 0.1) is 28.6 Å². The van der Waals surface area contributed by atoms with Crippen LogP contribution in [0.4, 0.5) is 0 Å².